The number of hydrogen-bond donors (Lipinski definition) is 1. The Labute approximate surface area is 211 Å². The van der Waals surface area contributed by atoms with Crippen LogP contribution >= 0.6 is 0 Å². The van der Waals surface area contributed by atoms with Gasteiger partial charge in [-0.1, -0.05) is 36.8 Å². The summed E-state index contributed by atoms with van der Waals surface area (Å²) >= 11 is 0. The van der Waals surface area contributed by atoms with Crippen molar-refractivity contribution in [3.05, 3.63) is 90.0 Å². The Bertz CT molecular complexity index is 1310. The second kappa shape index (κ2) is 10.8. The quantitative estimate of drug-likeness (QED) is 0.362. The summed E-state index contributed by atoms with van der Waals surface area (Å²) in [6, 6.07) is 24.0. The SMILES string of the molecule is Cc1c(-c2ccccc2)nn(C(=O)c2ccc(O)cc2)c1-c1ccc(OCCN2CCCCC2)cc1. The normalized spacial score (nSPS) is 14.0. The average Bonchev–Trinajstić information content (AvgIpc) is 3.27. The standard InChI is InChI=1S/C30H31N3O3/c1-22-28(23-8-4-2-5-9-23)31-33(30(35)25-10-14-26(34)15-11-25)29(22)24-12-16-27(17-13-24)36-21-20-32-18-6-3-7-19-32/h2,4-5,8-17,34H,3,6-7,18-21H2,1H3. The molecule has 1 aromatic heterocycles. The van der Waals surface area contributed by atoms with Gasteiger partial charge in [0, 0.05) is 28.8 Å². The highest BCUT2D eigenvalue weighted by molar-refractivity contribution is 5.99. The van der Waals surface area contributed by atoms with Crippen LogP contribution in [0.3, 0.4) is 0 Å². The summed E-state index contributed by atoms with van der Waals surface area (Å²) in [5.41, 5.74) is 4.72. The Morgan fingerprint density at radius 3 is 2.28 bits per heavy atom. The maximum atomic E-state index is 13.5. The summed E-state index contributed by atoms with van der Waals surface area (Å²) < 4.78 is 7.48. The third-order valence-corrected chi connectivity index (χ3v) is 6.73. The van der Waals surface area contributed by atoms with E-state index in [9.17, 15) is 9.90 Å². The number of likely N-dealkylation sites (tertiary alicyclic amines) is 1. The molecule has 1 saturated heterocycles. The lowest BCUT2D eigenvalue weighted by Crippen LogP contribution is -2.33. The van der Waals surface area contributed by atoms with Crippen molar-refractivity contribution in [1.82, 2.24) is 14.7 Å². The van der Waals surface area contributed by atoms with Crippen molar-refractivity contribution in [2.75, 3.05) is 26.2 Å². The molecule has 5 rings (SSSR count). The minimum Gasteiger partial charge on any atom is -0.508 e. The lowest BCUT2D eigenvalue weighted by atomic mass is 10.0. The maximum Gasteiger partial charge on any atom is 0.278 e. The number of carbonyl (C=O) groups excluding carboxylic acids is 1. The molecule has 0 aliphatic carbocycles. The number of benzene rings is 3. The number of carbonyl (C=O) groups is 1. The van der Waals surface area contributed by atoms with Crippen molar-refractivity contribution in [3.63, 3.8) is 0 Å². The van der Waals surface area contributed by atoms with Crippen LogP contribution in [0.1, 0.15) is 35.2 Å². The predicted octanol–water partition coefficient (Wildman–Crippen LogP) is 5.78. The molecule has 36 heavy (non-hydrogen) atoms. The Morgan fingerprint density at radius 1 is 0.889 bits per heavy atom. The Kier molecular flexibility index (Phi) is 7.14. The van der Waals surface area contributed by atoms with Crippen LogP contribution in [0.2, 0.25) is 0 Å². The lowest BCUT2D eigenvalue weighted by molar-refractivity contribution is 0.0947. The van der Waals surface area contributed by atoms with Gasteiger partial charge >= 0.3 is 0 Å². The zero-order valence-electron chi connectivity index (χ0n) is 20.6. The van der Waals surface area contributed by atoms with Crippen molar-refractivity contribution >= 4 is 5.91 Å². The second-order valence-corrected chi connectivity index (χ2v) is 9.23. The summed E-state index contributed by atoms with van der Waals surface area (Å²) in [5, 5.41) is 14.4. The van der Waals surface area contributed by atoms with E-state index in [0.717, 1.165) is 53.5 Å². The predicted molar refractivity (Wildman–Crippen MR) is 141 cm³/mol. The second-order valence-electron chi connectivity index (χ2n) is 9.23. The van der Waals surface area contributed by atoms with Crippen LogP contribution in [-0.4, -0.2) is 51.9 Å². The molecule has 1 fully saturated rings. The van der Waals surface area contributed by atoms with Gasteiger partial charge in [0.1, 0.15) is 18.1 Å². The van der Waals surface area contributed by atoms with Crippen molar-refractivity contribution < 1.29 is 14.6 Å². The zero-order chi connectivity index (χ0) is 24.9. The highest BCUT2D eigenvalue weighted by Gasteiger charge is 2.22. The molecule has 3 aromatic carbocycles. The molecule has 0 unspecified atom stereocenters. The van der Waals surface area contributed by atoms with Crippen LogP contribution in [-0.2, 0) is 0 Å². The van der Waals surface area contributed by atoms with E-state index in [-0.39, 0.29) is 11.7 Å². The van der Waals surface area contributed by atoms with E-state index in [1.54, 1.807) is 12.1 Å². The van der Waals surface area contributed by atoms with Crippen molar-refractivity contribution in [1.29, 1.82) is 0 Å². The smallest absolute Gasteiger partial charge is 0.278 e. The largest absolute Gasteiger partial charge is 0.508 e. The molecule has 6 nitrogen and oxygen atoms in total. The molecule has 4 aromatic rings. The summed E-state index contributed by atoms with van der Waals surface area (Å²) in [4.78, 5) is 16.0. The number of rotatable bonds is 7. The number of piperidine rings is 1. The summed E-state index contributed by atoms with van der Waals surface area (Å²) in [7, 11) is 0. The fourth-order valence-electron chi connectivity index (χ4n) is 4.76. The number of aromatic hydroxyl groups is 1. The molecule has 2 heterocycles. The van der Waals surface area contributed by atoms with Gasteiger partial charge < -0.3 is 9.84 Å². The number of phenols is 1. The first kappa shape index (κ1) is 23.8. The van der Waals surface area contributed by atoms with Gasteiger partial charge in [-0.3, -0.25) is 9.69 Å². The maximum absolute atomic E-state index is 13.5. The molecule has 1 N–H and O–H groups in total. The van der Waals surface area contributed by atoms with E-state index >= 15 is 0 Å². The van der Waals surface area contributed by atoms with Crippen LogP contribution in [0.25, 0.3) is 22.5 Å². The molecule has 6 heteroatoms. The van der Waals surface area contributed by atoms with Crippen molar-refractivity contribution in [3.8, 4) is 34.0 Å². The van der Waals surface area contributed by atoms with Gasteiger partial charge in [-0.2, -0.15) is 9.78 Å². The van der Waals surface area contributed by atoms with E-state index < -0.39 is 0 Å². The minimum absolute atomic E-state index is 0.115. The number of nitrogens with zero attached hydrogens (tertiary/aromatic N) is 3. The van der Waals surface area contributed by atoms with Gasteiger partial charge in [0.25, 0.3) is 5.91 Å². The van der Waals surface area contributed by atoms with E-state index in [1.165, 1.54) is 36.1 Å². The molecule has 0 amide bonds. The monoisotopic (exact) mass is 481 g/mol. The molecule has 0 radical (unpaired) electrons. The van der Waals surface area contributed by atoms with E-state index in [0.29, 0.717) is 12.2 Å². The lowest BCUT2D eigenvalue weighted by Gasteiger charge is -2.26. The molecular weight excluding hydrogens is 450 g/mol. The Morgan fingerprint density at radius 2 is 1.58 bits per heavy atom. The minimum atomic E-state index is -0.253. The molecule has 1 aliphatic rings. The molecular formula is C30H31N3O3. The average molecular weight is 482 g/mol. The third kappa shape index (κ3) is 5.19. The Hall–Kier alpha value is -3.90. The summed E-state index contributed by atoms with van der Waals surface area (Å²) in [6.45, 7) is 5.91. The first-order valence-corrected chi connectivity index (χ1v) is 12.5. The molecule has 0 bridgehead atoms. The van der Waals surface area contributed by atoms with Crippen LogP contribution < -0.4 is 4.74 Å². The molecule has 184 valence electrons. The highest BCUT2D eigenvalue weighted by Crippen LogP contribution is 2.33. The van der Waals surface area contributed by atoms with E-state index in [2.05, 4.69) is 4.90 Å². The fourth-order valence-corrected chi connectivity index (χ4v) is 4.76. The van der Waals surface area contributed by atoms with Gasteiger partial charge in [0.15, 0.2) is 0 Å². The van der Waals surface area contributed by atoms with E-state index in [4.69, 9.17) is 9.84 Å². The molecule has 0 atom stereocenters. The van der Waals surface area contributed by atoms with Gasteiger partial charge in [-0.25, -0.2) is 0 Å². The van der Waals surface area contributed by atoms with Crippen LogP contribution in [0.15, 0.2) is 78.9 Å². The Balaban J connectivity index is 1.43. The molecule has 0 spiro atoms. The van der Waals surface area contributed by atoms with Gasteiger partial charge in [0.05, 0.1) is 11.4 Å². The summed E-state index contributed by atoms with van der Waals surface area (Å²) in [6.07, 6.45) is 3.88. The third-order valence-electron chi connectivity index (χ3n) is 6.73. The summed E-state index contributed by atoms with van der Waals surface area (Å²) in [5.74, 6) is 0.675. The molecule has 1 aliphatic heterocycles. The number of phenolic OH excluding ortho intramolecular Hbond substituents is 1. The number of ether oxygens (including phenoxy) is 1. The van der Waals surface area contributed by atoms with Gasteiger partial charge in [0.2, 0.25) is 0 Å². The van der Waals surface area contributed by atoms with Crippen LogP contribution in [0.5, 0.6) is 11.5 Å². The van der Waals surface area contributed by atoms with Gasteiger partial charge in [-0.05, 0) is 81.4 Å². The highest BCUT2D eigenvalue weighted by atomic mass is 16.5. The van der Waals surface area contributed by atoms with E-state index in [1.807, 2.05) is 61.5 Å². The first-order chi connectivity index (χ1) is 17.6. The van der Waals surface area contributed by atoms with Crippen LogP contribution in [0.4, 0.5) is 0 Å². The zero-order valence-corrected chi connectivity index (χ0v) is 20.6. The first-order valence-electron chi connectivity index (χ1n) is 12.5. The van der Waals surface area contributed by atoms with Gasteiger partial charge in [-0.15, -0.1) is 0 Å². The molecule has 0 saturated carbocycles. The fraction of sp³-hybridized carbons (Fsp3) is 0.267. The van der Waals surface area contributed by atoms with Crippen LogP contribution in [0, 0.1) is 6.92 Å². The topological polar surface area (TPSA) is 67.6 Å². The van der Waals surface area contributed by atoms with Crippen molar-refractivity contribution in [2.45, 2.75) is 26.2 Å². The van der Waals surface area contributed by atoms with Crippen molar-refractivity contribution in [2.24, 2.45) is 0 Å². The number of aromatic nitrogens is 2. The number of hydrogen-bond acceptors (Lipinski definition) is 5.